The van der Waals surface area contributed by atoms with Gasteiger partial charge in [0, 0.05) is 24.5 Å². The molecule has 0 spiro atoms. The molecule has 0 saturated carbocycles. The molecule has 18 heavy (non-hydrogen) atoms. The number of aliphatic hydroxyl groups excluding tert-OH is 1. The van der Waals surface area contributed by atoms with Crippen LogP contribution in [0.2, 0.25) is 0 Å². The molecular formula is C14H15F2NO. The normalized spacial score (nSPS) is 12.7. The van der Waals surface area contributed by atoms with E-state index >= 15 is 0 Å². The van der Waals surface area contributed by atoms with Crippen LogP contribution >= 0.6 is 0 Å². The summed E-state index contributed by atoms with van der Waals surface area (Å²) in [5.41, 5.74) is 1.08. The molecule has 0 aliphatic rings. The molecule has 1 aromatic heterocycles. The predicted octanol–water partition coefficient (Wildman–Crippen LogP) is 3.26. The van der Waals surface area contributed by atoms with Gasteiger partial charge in [-0.05, 0) is 24.1 Å². The number of rotatable bonds is 4. The highest BCUT2D eigenvalue weighted by molar-refractivity contribution is 5.21. The van der Waals surface area contributed by atoms with Crippen molar-refractivity contribution in [2.75, 3.05) is 0 Å². The lowest BCUT2D eigenvalue weighted by Crippen LogP contribution is -2.01. The van der Waals surface area contributed by atoms with E-state index in [-0.39, 0.29) is 6.54 Å². The zero-order chi connectivity index (χ0) is 13.1. The molecule has 1 unspecified atom stereocenters. The Morgan fingerprint density at radius 1 is 1.28 bits per heavy atom. The van der Waals surface area contributed by atoms with Gasteiger partial charge in [-0.1, -0.05) is 19.1 Å². The Morgan fingerprint density at radius 3 is 2.78 bits per heavy atom. The van der Waals surface area contributed by atoms with E-state index in [0.717, 1.165) is 11.6 Å². The number of benzene rings is 1. The van der Waals surface area contributed by atoms with Crippen molar-refractivity contribution in [1.29, 1.82) is 0 Å². The summed E-state index contributed by atoms with van der Waals surface area (Å²) in [4.78, 5) is 0. The number of nitrogens with zero attached hydrogens (tertiary/aromatic N) is 1. The largest absolute Gasteiger partial charge is 0.388 e. The van der Waals surface area contributed by atoms with Crippen molar-refractivity contribution in [3.63, 3.8) is 0 Å². The van der Waals surface area contributed by atoms with Gasteiger partial charge in [-0.25, -0.2) is 8.78 Å². The Morgan fingerprint density at radius 2 is 2.06 bits per heavy atom. The molecular weight excluding hydrogens is 236 g/mol. The Hall–Kier alpha value is -1.68. The van der Waals surface area contributed by atoms with Crippen LogP contribution in [0.15, 0.2) is 36.7 Å². The standard InChI is InChI=1S/C14H15F2NO/c1-2-13(18)10-6-7-17(8-10)9-11-4-3-5-12(15)14(11)16/h3-8,13,18H,2,9H2,1H3. The van der Waals surface area contributed by atoms with Gasteiger partial charge in [0.1, 0.15) is 0 Å². The Bertz CT molecular complexity index is 536. The molecule has 0 amide bonds. The highest BCUT2D eigenvalue weighted by Crippen LogP contribution is 2.18. The molecule has 0 saturated heterocycles. The summed E-state index contributed by atoms with van der Waals surface area (Å²) in [6.07, 6.45) is 3.61. The van der Waals surface area contributed by atoms with Crippen LogP contribution in [-0.4, -0.2) is 9.67 Å². The van der Waals surface area contributed by atoms with Crippen molar-refractivity contribution in [3.05, 3.63) is 59.4 Å². The molecule has 2 nitrogen and oxygen atoms in total. The van der Waals surface area contributed by atoms with E-state index in [1.54, 1.807) is 29.1 Å². The summed E-state index contributed by atoms with van der Waals surface area (Å²) in [7, 11) is 0. The van der Waals surface area contributed by atoms with Gasteiger partial charge >= 0.3 is 0 Å². The van der Waals surface area contributed by atoms with Crippen LogP contribution in [0.1, 0.15) is 30.6 Å². The molecule has 0 aliphatic heterocycles. The van der Waals surface area contributed by atoms with Gasteiger partial charge in [-0.15, -0.1) is 0 Å². The van der Waals surface area contributed by atoms with E-state index in [0.29, 0.717) is 12.0 Å². The van der Waals surface area contributed by atoms with Gasteiger partial charge in [0.15, 0.2) is 11.6 Å². The number of halogens is 2. The van der Waals surface area contributed by atoms with Gasteiger partial charge < -0.3 is 9.67 Å². The third-order valence-electron chi connectivity index (χ3n) is 2.93. The Balaban J connectivity index is 2.19. The first kappa shape index (κ1) is 12.8. The van der Waals surface area contributed by atoms with Crippen molar-refractivity contribution < 1.29 is 13.9 Å². The minimum atomic E-state index is -0.839. The van der Waals surface area contributed by atoms with Crippen LogP contribution in [0.5, 0.6) is 0 Å². The van der Waals surface area contributed by atoms with E-state index in [9.17, 15) is 13.9 Å². The number of aromatic nitrogens is 1. The van der Waals surface area contributed by atoms with Crippen LogP contribution in [0.4, 0.5) is 8.78 Å². The van der Waals surface area contributed by atoms with E-state index in [2.05, 4.69) is 0 Å². The topological polar surface area (TPSA) is 25.2 Å². The van der Waals surface area contributed by atoms with Crippen molar-refractivity contribution in [1.82, 2.24) is 4.57 Å². The fraction of sp³-hybridized carbons (Fsp3) is 0.286. The van der Waals surface area contributed by atoms with Crippen molar-refractivity contribution in [2.24, 2.45) is 0 Å². The minimum Gasteiger partial charge on any atom is -0.388 e. The third-order valence-corrected chi connectivity index (χ3v) is 2.93. The Labute approximate surface area is 104 Å². The quantitative estimate of drug-likeness (QED) is 0.886. The van der Waals surface area contributed by atoms with Crippen LogP contribution in [0.25, 0.3) is 0 Å². The first-order valence-corrected chi connectivity index (χ1v) is 5.88. The lowest BCUT2D eigenvalue weighted by molar-refractivity contribution is 0.173. The highest BCUT2D eigenvalue weighted by Gasteiger charge is 2.10. The van der Waals surface area contributed by atoms with Gasteiger partial charge in [0.2, 0.25) is 0 Å². The van der Waals surface area contributed by atoms with Crippen LogP contribution < -0.4 is 0 Å². The third kappa shape index (κ3) is 2.59. The van der Waals surface area contributed by atoms with Gasteiger partial charge in [-0.2, -0.15) is 0 Å². The van der Waals surface area contributed by atoms with E-state index < -0.39 is 17.7 Å². The maximum absolute atomic E-state index is 13.5. The first-order valence-electron chi connectivity index (χ1n) is 5.88. The molecule has 4 heteroatoms. The van der Waals surface area contributed by atoms with Crippen molar-refractivity contribution >= 4 is 0 Å². The first-order chi connectivity index (χ1) is 8.61. The second-order valence-electron chi connectivity index (χ2n) is 4.25. The fourth-order valence-electron chi connectivity index (χ4n) is 1.86. The zero-order valence-electron chi connectivity index (χ0n) is 10.1. The molecule has 96 valence electrons. The molecule has 1 atom stereocenters. The second kappa shape index (κ2) is 5.31. The summed E-state index contributed by atoms with van der Waals surface area (Å²) >= 11 is 0. The number of hydrogen-bond acceptors (Lipinski definition) is 1. The van der Waals surface area contributed by atoms with Gasteiger partial charge in [0.25, 0.3) is 0 Å². The van der Waals surface area contributed by atoms with Gasteiger partial charge in [-0.3, -0.25) is 0 Å². The van der Waals surface area contributed by atoms with Crippen LogP contribution in [0, 0.1) is 11.6 Å². The van der Waals surface area contributed by atoms with E-state index in [1.165, 1.54) is 6.07 Å². The molecule has 0 fully saturated rings. The lowest BCUT2D eigenvalue weighted by atomic mass is 10.1. The molecule has 2 aromatic rings. The second-order valence-corrected chi connectivity index (χ2v) is 4.25. The SMILES string of the molecule is CCC(O)c1ccn(Cc2cccc(F)c2F)c1. The molecule has 1 aromatic carbocycles. The zero-order valence-corrected chi connectivity index (χ0v) is 10.1. The molecule has 1 N–H and O–H groups in total. The fourth-order valence-corrected chi connectivity index (χ4v) is 1.86. The smallest absolute Gasteiger partial charge is 0.163 e. The van der Waals surface area contributed by atoms with Crippen LogP contribution in [-0.2, 0) is 6.54 Å². The predicted molar refractivity (Wildman–Crippen MR) is 65.1 cm³/mol. The lowest BCUT2D eigenvalue weighted by Gasteiger charge is -2.06. The van der Waals surface area contributed by atoms with Crippen molar-refractivity contribution in [2.45, 2.75) is 26.0 Å². The molecule has 2 rings (SSSR count). The average molecular weight is 251 g/mol. The summed E-state index contributed by atoms with van der Waals surface area (Å²) in [6.45, 7) is 2.13. The maximum atomic E-state index is 13.5. The van der Waals surface area contributed by atoms with Crippen LogP contribution in [0.3, 0.4) is 0 Å². The molecule has 1 heterocycles. The minimum absolute atomic E-state index is 0.250. The average Bonchev–Trinajstić information content (AvgIpc) is 2.82. The maximum Gasteiger partial charge on any atom is 0.163 e. The Kier molecular flexibility index (Phi) is 3.77. The monoisotopic (exact) mass is 251 g/mol. The number of hydrogen-bond donors (Lipinski definition) is 1. The highest BCUT2D eigenvalue weighted by atomic mass is 19.2. The summed E-state index contributed by atoms with van der Waals surface area (Å²) < 4.78 is 28.3. The van der Waals surface area contributed by atoms with Crippen molar-refractivity contribution in [3.8, 4) is 0 Å². The molecule has 0 radical (unpaired) electrons. The summed E-state index contributed by atoms with van der Waals surface area (Å²) in [5, 5.41) is 9.66. The van der Waals surface area contributed by atoms with E-state index in [1.807, 2.05) is 6.92 Å². The number of aliphatic hydroxyl groups is 1. The van der Waals surface area contributed by atoms with Gasteiger partial charge in [0.05, 0.1) is 6.10 Å². The summed E-state index contributed by atoms with van der Waals surface area (Å²) in [6, 6.07) is 5.92. The summed E-state index contributed by atoms with van der Waals surface area (Å²) in [5.74, 6) is -1.66. The molecule has 0 bridgehead atoms. The molecule has 0 aliphatic carbocycles. The van der Waals surface area contributed by atoms with E-state index in [4.69, 9.17) is 0 Å².